The molecule has 11 rings (SSSR count). The lowest BCUT2D eigenvalue weighted by Crippen LogP contribution is -2.11. The van der Waals surface area contributed by atoms with Gasteiger partial charge in [-0.2, -0.15) is 0 Å². The average Bonchev–Trinajstić information content (AvgIpc) is 3.81. The number of hydrogen-bond donors (Lipinski definition) is 0. The largest absolute Gasteiger partial charge is 0.455 e. The molecule has 0 amide bonds. The van der Waals surface area contributed by atoms with E-state index in [2.05, 4.69) is 181 Å². The number of rotatable bonds is 5. The highest BCUT2D eigenvalue weighted by Gasteiger charge is 2.24. The van der Waals surface area contributed by atoms with Crippen LogP contribution in [0.5, 0.6) is 0 Å². The van der Waals surface area contributed by atoms with Gasteiger partial charge in [-0.25, -0.2) is 0 Å². The van der Waals surface area contributed by atoms with E-state index in [4.69, 9.17) is 8.83 Å². The Labute approximate surface area is 305 Å². The summed E-state index contributed by atoms with van der Waals surface area (Å²) in [4.78, 5) is 2.37. The summed E-state index contributed by atoms with van der Waals surface area (Å²) < 4.78 is 13.4. The highest BCUT2D eigenvalue weighted by atomic mass is 16.3. The molecule has 0 aliphatic carbocycles. The Kier molecular flexibility index (Phi) is 6.55. The lowest BCUT2D eigenvalue weighted by atomic mass is 9.95. The minimum atomic E-state index is 0.845. The van der Waals surface area contributed by atoms with Gasteiger partial charge in [0.25, 0.3) is 0 Å². The molecule has 11 aromatic rings. The summed E-state index contributed by atoms with van der Waals surface area (Å²) in [6, 6.07) is 66.7. The maximum atomic E-state index is 6.73. The van der Waals surface area contributed by atoms with Crippen molar-refractivity contribution in [2.75, 3.05) is 4.90 Å². The summed E-state index contributed by atoms with van der Waals surface area (Å²) >= 11 is 0. The van der Waals surface area contributed by atoms with E-state index in [1.165, 1.54) is 16.3 Å². The average molecular weight is 678 g/mol. The summed E-state index contributed by atoms with van der Waals surface area (Å²) in [5.74, 6) is 0. The van der Waals surface area contributed by atoms with Crippen LogP contribution in [0.3, 0.4) is 0 Å². The van der Waals surface area contributed by atoms with Crippen molar-refractivity contribution in [3.63, 3.8) is 0 Å². The first-order valence-electron chi connectivity index (χ1n) is 18.0. The Bertz CT molecular complexity index is 3200. The normalized spacial score (nSPS) is 11.8. The van der Waals surface area contributed by atoms with Gasteiger partial charge in [0.2, 0.25) is 0 Å². The number of furan rings is 2. The van der Waals surface area contributed by atoms with Gasteiger partial charge in [0.1, 0.15) is 16.7 Å². The number of nitrogens with zero attached hydrogens (tertiary/aromatic N) is 1. The Morgan fingerprint density at radius 2 is 0.943 bits per heavy atom. The number of anilines is 3. The molecule has 2 aromatic heterocycles. The maximum Gasteiger partial charge on any atom is 0.159 e. The topological polar surface area (TPSA) is 29.5 Å². The van der Waals surface area contributed by atoms with Gasteiger partial charge in [-0.05, 0) is 75.3 Å². The fraction of sp³-hybridized carbons (Fsp3) is 0. The number of para-hydroxylation sites is 3. The van der Waals surface area contributed by atoms with Crippen LogP contribution in [-0.2, 0) is 0 Å². The highest BCUT2D eigenvalue weighted by molar-refractivity contribution is 6.20. The standard InChI is InChI=1S/C50H31NO2/c1-3-18-36-32(13-1)15-10-22-37(36)34-16-9-17-35(31-34)51(45-26-11-24-42-40-21-6-8-27-46(40)52-50(42)45)44-25-7-5-20-39(44)41-23-12-28-47-48(41)43-30-29-33-14-2-4-19-38(33)49(43)53-47/h1-31H. The molecule has 0 N–H and O–H groups in total. The second-order valence-electron chi connectivity index (χ2n) is 13.6. The van der Waals surface area contributed by atoms with E-state index in [1.54, 1.807) is 0 Å². The zero-order valence-corrected chi connectivity index (χ0v) is 28.7. The Hall–Kier alpha value is -7.10. The molecule has 0 spiro atoms. The molecule has 3 nitrogen and oxygen atoms in total. The van der Waals surface area contributed by atoms with Gasteiger partial charge in [-0.15, -0.1) is 0 Å². The SMILES string of the molecule is c1cc(-c2cccc3ccccc23)cc(N(c2ccccc2-c2cccc3oc4c5ccccc5ccc4c23)c2cccc3c2oc2ccccc23)c1. The smallest absolute Gasteiger partial charge is 0.159 e. The molecule has 248 valence electrons. The summed E-state index contributed by atoms with van der Waals surface area (Å²) in [5, 5.41) is 9.12. The van der Waals surface area contributed by atoms with Crippen molar-refractivity contribution in [2.24, 2.45) is 0 Å². The summed E-state index contributed by atoms with van der Waals surface area (Å²) in [6.07, 6.45) is 0. The van der Waals surface area contributed by atoms with Gasteiger partial charge < -0.3 is 13.7 Å². The highest BCUT2D eigenvalue weighted by Crippen LogP contribution is 2.48. The van der Waals surface area contributed by atoms with Crippen molar-refractivity contribution in [2.45, 2.75) is 0 Å². The van der Waals surface area contributed by atoms with Gasteiger partial charge in [0, 0.05) is 38.2 Å². The lowest BCUT2D eigenvalue weighted by molar-refractivity contribution is 0.669. The van der Waals surface area contributed by atoms with Crippen LogP contribution >= 0.6 is 0 Å². The molecule has 0 radical (unpaired) electrons. The summed E-state index contributed by atoms with van der Waals surface area (Å²) in [7, 11) is 0. The summed E-state index contributed by atoms with van der Waals surface area (Å²) in [6.45, 7) is 0. The van der Waals surface area contributed by atoms with Gasteiger partial charge in [0.05, 0.1) is 11.4 Å². The lowest BCUT2D eigenvalue weighted by Gasteiger charge is -2.28. The second kappa shape index (κ2) is 11.7. The van der Waals surface area contributed by atoms with E-state index in [0.29, 0.717) is 0 Å². The number of hydrogen-bond acceptors (Lipinski definition) is 3. The molecule has 0 aliphatic heterocycles. The number of fused-ring (bicyclic) bond motifs is 9. The second-order valence-corrected chi connectivity index (χ2v) is 13.6. The van der Waals surface area contributed by atoms with E-state index in [-0.39, 0.29) is 0 Å². The van der Waals surface area contributed by atoms with E-state index in [0.717, 1.165) is 88.4 Å². The molecule has 2 heterocycles. The zero-order chi connectivity index (χ0) is 34.9. The molecular formula is C50H31NO2. The fourth-order valence-electron chi connectivity index (χ4n) is 8.28. The van der Waals surface area contributed by atoms with Crippen LogP contribution in [0, 0.1) is 0 Å². The van der Waals surface area contributed by atoms with Crippen molar-refractivity contribution in [3.05, 3.63) is 188 Å². The quantitative estimate of drug-likeness (QED) is 0.182. The monoisotopic (exact) mass is 677 g/mol. The maximum absolute atomic E-state index is 6.73. The molecule has 0 atom stereocenters. The van der Waals surface area contributed by atoms with Crippen LogP contribution in [0.2, 0.25) is 0 Å². The van der Waals surface area contributed by atoms with Crippen LogP contribution in [0.1, 0.15) is 0 Å². The molecule has 3 heteroatoms. The molecule has 53 heavy (non-hydrogen) atoms. The van der Waals surface area contributed by atoms with Crippen molar-refractivity contribution in [1.82, 2.24) is 0 Å². The number of benzene rings is 9. The van der Waals surface area contributed by atoms with E-state index >= 15 is 0 Å². The van der Waals surface area contributed by atoms with Crippen molar-refractivity contribution < 1.29 is 8.83 Å². The minimum Gasteiger partial charge on any atom is -0.455 e. The predicted molar refractivity (Wildman–Crippen MR) is 222 cm³/mol. The molecule has 0 aliphatic rings. The predicted octanol–water partition coefficient (Wildman–Crippen LogP) is 14.6. The van der Waals surface area contributed by atoms with E-state index in [1.807, 2.05) is 12.1 Å². The molecule has 0 fully saturated rings. The Morgan fingerprint density at radius 3 is 1.87 bits per heavy atom. The molecule has 9 aromatic carbocycles. The molecule has 0 saturated heterocycles. The first-order valence-corrected chi connectivity index (χ1v) is 18.0. The van der Waals surface area contributed by atoms with Gasteiger partial charge >= 0.3 is 0 Å². The minimum absolute atomic E-state index is 0.845. The van der Waals surface area contributed by atoms with Crippen LogP contribution in [0.4, 0.5) is 17.1 Å². The van der Waals surface area contributed by atoms with Crippen LogP contribution in [-0.4, -0.2) is 0 Å². The summed E-state index contributed by atoms with van der Waals surface area (Å²) in [5.41, 5.74) is 11.1. The third kappa shape index (κ3) is 4.61. The van der Waals surface area contributed by atoms with Crippen LogP contribution in [0.25, 0.3) is 87.7 Å². The van der Waals surface area contributed by atoms with E-state index < -0.39 is 0 Å². The molecule has 0 saturated carbocycles. The first-order chi connectivity index (χ1) is 26.3. The van der Waals surface area contributed by atoms with Crippen molar-refractivity contribution >= 4 is 82.5 Å². The fourth-order valence-corrected chi connectivity index (χ4v) is 8.28. The first kappa shape index (κ1) is 29.6. The molecule has 0 bridgehead atoms. The molecular weight excluding hydrogens is 647 g/mol. The van der Waals surface area contributed by atoms with Crippen molar-refractivity contribution in [1.29, 1.82) is 0 Å². The van der Waals surface area contributed by atoms with Crippen molar-refractivity contribution in [3.8, 4) is 22.3 Å². The van der Waals surface area contributed by atoms with Gasteiger partial charge in [0.15, 0.2) is 5.58 Å². The molecule has 0 unspecified atom stereocenters. The van der Waals surface area contributed by atoms with Crippen LogP contribution in [0.15, 0.2) is 197 Å². The Balaban J connectivity index is 1.20. The zero-order valence-electron chi connectivity index (χ0n) is 28.7. The third-order valence-corrected chi connectivity index (χ3v) is 10.7. The van der Waals surface area contributed by atoms with E-state index in [9.17, 15) is 0 Å². The van der Waals surface area contributed by atoms with Gasteiger partial charge in [-0.3, -0.25) is 0 Å². The van der Waals surface area contributed by atoms with Crippen LogP contribution < -0.4 is 4.90 Å². The van der Waals surface area contributed by atoms with Gasteiger partial charge in [-0.1, -0.05) is 146 Å². The Morgan fingerprint density at radius 1 is 0.340 bits per heavy atom. The third-order valence-electron chi connectivity index (χ3n) is 10.7.